The van der Waals surface area contributed by atoms with Gasteiger partial charge in [-0.15, -0.1) is 22.7 Å². The lowest BCUT2D eigenvalue weighted by molar-refractivity contribution is 0.0955. The number of aryl methyl sites for hydroxylation is 1. The molecule has 0 saturated carbocycles. The maximum atomic E-state index is 12.3. The molecule has 0 fully saturated rings. The standard InChI is InChI=1S/C15H14ClN3OS2/c1-9-19-10(8-21-9)4-5-18-15(20)12-7-17-6-11(12)13-2-3-14(16)22-13/h2-3,6-8,17H,4-5H2,1H3,(H,18,20). The number of hydrogen-bond acceptors (Lipinski definition) is 4. The van der Waals surface area contributed by atoms with Gasteiger partial charge in [0.15, 0.2) is 0 Å². The summed E-state index contributed by atoms with van der Waals surface area (Å²) in [6.45, 7) is 2.54. The van der Waals surface area contributed by atoms with Crippen LogP contribution in [-0.2, 0) is 6.42 Å². The highest BCUT2D eigenvalue weighted by molar-refractivity contribution is 7.19. The van der Waals surface area contributed by atoms with Gasteiger partial charge < -0.3 is 10.3 Å². The fourth-order valence-corrected chi connectivity index (χ4v) is 3.86. The molecule has 1 amide bonds. The van der Waals surface area contributed by atoms with E-state index < -0.39 is 0 Å². The van der Waals surface area contributed by atoms with Gasteiger partial charge in [0, 0.05) is 41.2 Å². The number of carbonyl (C=O) groups is 1. The zero-order valence-corrected chi connectivity index (χ0v) is 14.2. The smallest absolute Gasteiger partial charge is 0.253 e. The van der Waals surface area contributed by atoms with E-state index in [4.69, 9.17) is 11.6 Å². The Hall–Kier alpha value is -1.63. The summed E-state index contributed by atoms with van der Waals surface area (Å²) in [5, 5.41) is 6.01. The van der Waals surface area contributed by atoms with Crippen LogP contribution in [0.15, 0.2) is 29.9 Å². The number of amides is 1. The van der Waals surface area contributed by atoms with Crippen LogP contribution < -0.4 is 5.32 Å². The number of thiophene rings is 1. The highest BCUT2D eigenvalue weighted by Crippen LogP contribution is 2.32. The van der Waals surface area contributed by atoms with Crippen molar-refractivity contribution in [3.63, 3.8) is 0 Å². The maximum absolute atomic E-state index is 12.3. The van der Waals surface area contributed by atoms with Crippen LogP contribution in [0.5, 0.6) is 0 Å². The maximum Gasteiger partial charge on any atom is 0.253 e. The normalized spacial score (nSPS) is 10.8. The number of thiazole rings is 1. The van der Waals surface area contributed by atoms with Gasteiger partial charge in [-0.2, -0.15) is 0 Å². The van der Waals surface area contributed by atoms with Gasteiger partial charge in [0.2, 0.25) is 0 Å². The minimum atomic E-state index is -0.0901. The molecule has 7 heteroatoms. The van der Waals surface area contributed by atoms with Crippen molar-refractivity contribution in [2.75, 3.05) is 6.54 Å². The van der Waals surface area contributed by atoms with E-state index in [1.54, 1.807) is 17.5 Å². The van der Waals surface area contributed by atoms with Gasteiger partial charge in [0.05, 0.1) is 20.6 Å². The van der Waals surface area contributed by atoms with Crippen molar-refractivity contribution in [2.45, 2.75) is 13.3 Å². The van der Waals surface area contributed by atoms with Gasteiger partial charge in [-0.1, -0.05) is 11.6 Å². The third kappa shape index (κ3) is 3.40. The van der Waals surface area contributed by atoms with E-state index in [0.29, 0.717) is 16.4 Å². The van der Waals surface area contributed by atoms with Crippen LogP contribution >= 0.6 is 34.3 Å². The van der Waals surface area contributed by atoms with Gasteiger partial charge in [-0.3, -0.25) is 4.79 Å². The van der Waals surface area contributed by atoms with Crippen LogP contribution in [0, 0.1) is 6.92 Å². The Labute approximate surface area is 141 Å². The second-order valence-corrected chi connectivity index (χ2v) is 7.53. The molecule has 0 bridgehead atoms. The molecule has 0 aromatic carbocycles. The first-order valence-electron chi connectivity index (χ1n) is 6.75. The molecule has 3 aromatic rings. The highest BCUT2D eigenvalue weighted by Gasteiger charge is 2.15. The third-order valence-electron chi connectivity index (χ3n) is 3.16. The Bertz CT molecular complexity index is 790. The van der Waals surface area contributed by atoms with Gasteiger partial charge in [0.1, 0.15) is 0 Å². The minimum absolute atomic E-state index is 0.0901. The fourth-order valence-electron chi connectivity index (χ4n) is 2.14. The number of halogens is 1. The Morgan fingerprint density at radius 2 is 2.27 bits per heavy atom. The van der Waals surface area contributed by atoms with E-state index in [2.05, 4.69) is 15.3 Å². The summed E-state index contributed by atoms with van der Waals surface area (Å²) in [5.74, 6) is -0.0901. The molecular formula is C15H14ClN3OS2. The van der Waals surface area contributed by atoms with Crippen LogP contribution in [0.4, 0.5) is 0 Å². The van der Waals surface area contributed by atoms with E-state index in [0.717, 1.165) is 27.6 Å². The molecule has 4 nitrogen and oxygen atoms in total. The molecule has 0 unspecified atom stereocenters. The summed E-state index contributed by atoms with van der Waals surface area (Å²) in [5.41, 5.74) is 2.52. The first kappa shape index (κ1) is 15.3. The molecule has 0 saturated heterocycles. The van der Waals surface area contributed by atoms with E-state index in [9.17, 15) is 4.79 Å². The zero-order chi connectivity index (χ0) is 15.5. The molecule has 0 aliphatic carbocycles. The van der Waals surface area contributed by atoms with E-state index in [1.807, 2.05) is 30.6 Å². The lowest BCUT2D eigenvalue weighted by Crippen LogP contribution is -2.25. The molecule has 3 rings (SSSR count). The number of aromatic amines is 1. The molecule has 3 heterocycles. The monoisotopic (exact) mass is 351 g/mol. The Kier molecular flexibility index (Phi) is 4.61. The number of nitrogens with zero attached hydrogens (tertiary/aromatic N) is 1. The van der Waals surface area contributed by atoms with Crippen LogP contribution in [0.1, 0.15) is 21.1 Å². The number of H-pyrrole nitrogens is 1. The molecule has 22 heavy (non-hydrogen) atoms. The van der Waals surface area contributed by atoms with E-state index >= 15 is 0 Å². The van der Waals surface area contributed by atoms with Crippen molar-refractivity contribution < 1.29 is 4.79 Å². The minimum Gasteiger partial charge on any atom is -0.366 e. The second kappa shape index (κ2) is 6.64. The molecule has 114 valence electrons. The predicted octanol–water partition coefficient (Wildman–Crippen LogP) is 4.13. The Balaban J connectivity index is 1.64. The summed E-state index contributed by atoms with van der Waals surface area (Å²) >= 11 is 9.04. The molecule has 2 N–H and O–H groups in total. The molecule has 0 radical (unpaired) electrons. The summed E-state index contributed by atoms with van der Waals surface area (Å²) in [4.78, 5) is 20.7. The molecule has 0 aliphatic rings. The van der Waals surface area contributed by atoms with Crippen molar-refractivity contribution in [2.24, 2.45) is 0 Å². The average molecular weight is 352 g/mol. The Morgan fingerprint density at radius 3 is 2.95 bits per heavy atom. The van der Waals surface area contributed by atoms with Crippen LogP contribution in [0.3, 0.4) is 0 Å². The number of hydrogen-bond donors (Lipinski definition) is 2. The highest BCUT2D eigenvalue weighted by atomic mass is 35.5. The second-order valence-electron chi connectivity index (χ2n) is 4.75. The quantitative estimate of drug-likeness (QED) is 0.726. The van der Waals surface area contributed by atoms with Crippen LogP contribution in [0.2, 0.25) is 4.34 Å². The topological polar surface area (TPSA) is 57.8 Å². The van der Waals surface area contributed by atoms with Crippen molar-refractivity contribution in [1.29, 1.82) is 0 Å². The predicted molar refractivity (Wildman–Crippen MR) is 92.0 cm³/mol. The zero-order valence-electron chi connectivity index (χ0n) is 11.9. The van der Waals surface area contributed by atoms with Crippen molar-refractivity contribution in [3.8, 4) is 10.4 Å². The lowest BCUT2D eigenvalue weighted by atomic mass is 10.1. The molecular weight excluding hydrogens is 338 g/mol. The van der Waals surface area contributed by atoms with Crippen molar-refractivity contribution >= 4 is 40.2 Å². The number of nitrogens with one attached hydrogen (secondary N) is 2. The van der Waals surface area contributed by atoms with Gasteiger partial charge >= 0.3 is 0 Å². The van der Waals surface area contributed by atoms with Crippen LogP contribution in [0.25, 0.3) is 10.4 Å². The molecule has 0 spiro atoms. The summed E-state index contributed by atoms with van der Waals surface area (Å²) < 4.78 is 0.710. The van der Waals surface area contributed by atoms with E-state index in [1.165, 1.54) is 11.3 Å². The Morgan fingerprint density at radius 1 is 1.41 bits per heavy atom. The van der Waals surface area contributed by atoms with Crippen LogP contribution in [-0.4, -0.2) is 22.4 Å². The lowest BCUT2D eigenvalue weighted by Gasteiger charge is -2.04. The molecule has 0 atom stereocenters. The molecule has 0 aliphatic heterocycles. The van der Waals surface area contributed by atoms with Gasteiger partial charge in [-0.25, -0.2) is 4.98 Å². The van der Waals surface area contributed by atoms with Gasteiger partial charge in [0.25, 0.3) is 5.91 Å². The van der Waals surface area contributed by atoms with Crippen molar-refractivity contribution in [1.82, 2.24) is 15.3 Å². The number of carbonyl (C=O) groups excluding carboxylic acids is 1. The largest absolute Gasteiger partial charge is 0.366 e. The first-order valence-corrected chi connectivity index (χ1v) is 8.82. The van der Waals surface area contributed by atoms with Gasteiger partial charge in [-0.05, 0) is 19.1 Å². The van der Waals surface area contributed by atoms with Crippen molar-refractivity contribution in [3.05, 3.63) is 50.5 Å². The number of aromatic nitrogens is 2. The SMILES string of the molecule is Cc1nc(CCNC(=O)c2c[nH]cc2-c2ccc(Cl)s2)cs1. The summed E-state index contributed by atoms with van der Waals surface area (Å²) in [6.07, 6.45) is 4.27. The van der Waals surface area contributed by atoms with E-state index in [-0.39, 0.29) is 5.91 Å². The summed E-state index contributed by atoms with van der Waals surface area (Å²) in [6, 6.07) is 3.76. The molecule has 3 aromatic heterocycles. The first-order chi connectivity index (χ1) is 10.6. The summed E-state index contributed by atoms with van der Waals surface area (Å²) in [7, 11) is 0. The third-order valence-corrected chi connectivity index (χ3v) is 5.25. The number of rotatable bonds is 5. The average Bonchev–Trinajstić information content (AvgIpc) is 3.19. The fraction of sp³-hybridized carbons (Fsp3) is 0.200.